The minimum absolute atomic E-state index is 0.245. The van der Waals surface area contributed by atoms with Crippen LogP contribution in [0.1, 0.15) is 25.7 Å². The smallest absolute Gasteiger partial charge is 0.304 e. The van der Waals surface area contributed by atoms with E-state index in [4.69, 9.17) is 5.11 Å². The predicted octanol–water partition coefficient (Wildman–Crippen LogP) is 0.535. The van der Waals surface area contributed by atoms with Gasteiger partial charge in [-0.1, -0.05) is 0 Å². The molecule has 1 fully saturated rings. The highest BCUT2D eigenvalue weighted by molar-refractivity contribution is 5.66. The summed E-state index contributed by atoms with van der Waals surface area (Å²) in [5, 5.41) is 11.9. The molecule has 1 saturated heterocycles. The fourth-order valence-electron chi connectivity index (χ4n) is 1.78. The molecule has 0 aromatic heterocycles. The molecule has 0 aliphatic carbocycles. The van der Waals surface area contributed by atoms with Crippen molar-refractivity contribution in [1.82, 2.24) is 10.2 Å². The third-order valence-corrected chi connectivity index (χ3v) is 2.73. The second kappa shape index (κ2) is 5.98. The average molecular weight is 200 g/mol. The summed E-state index contributed by atoms with van der Waals surface area (Å²) in [5.74, 6) is -0.712. The van der Waals surface area contributed by atoms with Crippen molar-refractivity contribution >= 4 is 5.97 Å². The van der Waals surface area contributed by atoms with Gasteiger partial charge in [-0.15, -0.1) is 0 Å². The molecule has 1 heterocycles. The molecule has 0 spiro atoms. The first-order valence-electron chi connectivity index (χ1n) is 5.32. The van der Waals surface area contributed by atoms with Gasteiger partial charge in [0.2, 0.25) is 0 Å². The van der Waals surface area contributed by atoms with Gasteiger partial charge in [0.05, 0.1) is 6.42 Å². The van der Waals surface area contributed by atoms with Crippen molar-refractivity contribution in [3.63, 3.8) is 0 Å². The first-order valence-corrected chi connectivity index (χ1v) is 5.32. The Morgan fingerprint density at radius 3 is 2.93 bits per heavy atom. The van der Waals surface area contributed by atoms with Crippen molar-refractivity contribution in [2.75, 3.05) is 26.7 Å². The van der Waals surface area contributed by atoms with Gasteiger partial charge in [-0.05, 0) is 39.4 Å². The molecule has 0 aromatic carbocycles. The van der Waals surface area contributed by atoms with Crippen LogP contribution in [0.25, 0.3) is 0 Å². The fraction of sp³-hybridized carbons (Fsp3) is 0.900. The predicted molar refractivity (Wildman–Crippen MR) is 55.4 cm³/mol. The van der Waals surface area contributed by atoms with Crippen LogP contribution in [0.15, 0.2) is 0 Å². The molecule has 14 heavy (non-hydrogen) atoms. The molecule has 1 aliphatic heterocycles. The zero-order valence-corrected chi connectivity index (χ0v) is 8.83. The Balaban J connectivity index is 2.02. The van der Waals surface area contributed by atoms with E-state index in [9.17, 15) is 4.79 Å². The van der Waals surface area contributed by atoms with Crippen LogP contribution in [-0.2, 0) is 4.79 Å². The van der Waals surface area contributed by atoms with E-state index in [2.05, 4.69) is 10.2 Å². The zero-order valence-electron chi connectivity index (χ0n) is 8.83. The van der Waals surface area contributed by atoms with Gasteiger partial charge in [-0.2, -0.15) is 0 Å². The molecule has 82 valence electrons. The Labute approximate surface area is 85.3 Å². The molecule has 4 nitrogen and oxygen atoms in total. The van der Waals surface area contributed by atoms with Crippen LogP contribution >= 0.6 is 0 Å². The van der Waals surface area contributed by atoms with Crippen LogP contribution < -0.4 is 5.32 Å². The van der Waals surface area contributed by atoms with E-state index in [0.29, 0.717) is 12.6 Å². The van der Waals surface area contributed by atoms with Crippen molar-refractivity contribution in [1.29, 1.82) is 0 Å². The normalized spacial score (nSPS) is 21.7. The van der Waals surface area contributed by atoms with Crippen LogP contribution in [-0.4, -0.2) is 48.7 Å². The Bertz CT molecular complexity index is 179. The standard InChI is InChI=1S/C10H20N2O2/c1-12(8-5-10(13)14)7-4-9-3-2-6-11-9/h9,11H,2-8H2,1H3,(H,13,14). The third-order valence-electron chi connectivity index (χ3n) is 2.73. The van der Waals surface area contributed by atoms with E-state index in [1.54, 1.807) is 0 Å². The summed E-state index contributed by atoms with van der Waals surface area (Å²) in [5.41, 5.74) is 0. The Hall–Kier alpha value is -0.610. The molecule has 0 saturated carbocycles. The first kappa shape index (κ1) is 11.5. The number of carboxylic acid groups (broad SMARTS) is 1. The Kier molecular flexibility index (Phi) is 4.90. The number of carboxylic acids is 1. The lowest BCUT2D eigenvalue weighted by Crippen LogP contribution is -2.29. The lowest BCUT2D eigenvalue weighted by Gasteiger charge is -2.18. The molecule has 1 unspecified atom stereocenters. The Morgan fingerprint density at radius 1 is 1.57 bits per heavy atom. The molecule has 0 amide bonds. The average Bonchev–Trinajstić information content (AvgIpc) is 2.63. The van der Waals surface area contributed by atoms with Gasteiger partial charge >= 0.3 is 5.97 Å². The topological polar surface area (TPSA) is 52.6 Å². The minimum atomic E-state index is -0.712. The van der Waals surface area contributed by atoms with Crippen molar-refractivity contribution in [3.8, 4) is 0 Å². The zero-order chi connectivity index (χ0) is 10.4. The van der Waals surface area contributed by atoms with Crippen molar-refractivity contribution < 1.29 is 9.90 Å². The third kappa shape index (κ3) is 4.58. The summed E-state index contributed by atoms with van der Waals surface area (Å²) in [6.07, 6.45) is 3.93. The van der Waals surface area contributed by atoms with E-state index in [0.717, 1.165) is 19.5 Å². The monoisotopic (exact) mass is 200 g/mol. The molecule has 0 bridgehead atoms. The van der Waals surface area contributed by atoms with Gasteiger partial charge in [0.25, 0.3) is 0 Å². The number of rotatable bonds is 6. The van der Waals surface area contributed by atoms with E-state index in [-0.39, 0.29) is 6.42 Å². The summed E-state index contributed by atoms with van der Waals surface area (Å²) in [7, 11) is 1.98. The number of hydrogen-bond acceptors (Lipinski definition) is 3. The largest absolute Gasteiger partial charge is 0.481 e. The van der Waals surface area contributed by atoms with Crippen molar-refractivity contribution in [2.45, 2.75) is 31.7 Å². The molecule has 1 atom stereocenters. The number of nitrogens with zero attached hydrogens (tertiary/aromatic N) is 1. The van der Waals surface area contributed by atoms with Crippen LogP contribution in [0, 0.1) is 0 Å². The number of hydrogen-bond donors (Lipinski definition) is 2. The number of nitrogens with one attached hydrogen (secondary N) is 1. The van der Waals surface area contributed by atoms with E-state index < -0.39 is 5.97 Å². The van der Waals surface area contributed by atoms with Crippen molar-refractivity contribution in [2.24, 2.45) is 0 Å². The highest BCUT2D eigenvalue weighted by Gasteiger charge is 2.14. The Morgan fingerprint density at radius 2 is 2.36 bits per heavy atom. The molecular formula is C10H20N2O2. The maximum atomic E-state index is 10.3. The fourth-order valence-corrected chi connectivity index (χ4v) is 1.78. The molecular weight excluding hydrogens is 180 g/mol. The highest BCUT2D eigenvalue weighted by atomic mass is 16.4. The van der Waals surface area contributed by atoms with Crippen LogP contribution in [0.4, 0.5) is 0 Å². The van der Waals surface area contributed by atoms with Gasteiger partial charge in [-0.3, -0.25) is 4.79 Å². The van der Waals surface area contributed by atoms with Gasteiger partial charge in [0, 0.05) is 12.6 Å². The quantitative estimate of drug-likeness (QED) is 0.657. The summed E-state index contributed by atoms with van der Waals surface area (Å²) < 4.78 is 0. The van der Waals surface area contributed by atoms with E-state index in [1.807, 2.05) is 7.05 Å². The molecule has 0 radical (unpaired) electrons. The van der Waals surface area contributed by atoms with E-state index in [1.165, 1.54) is 12.8 Å². The van der Waals surface area contributed by atoms with Gasteiger partial charge in [0.15, 0.2) is 0 Å². The number of aliphatic carboxylic acids is 1. The van der Waals surface area contributed by atoms with Gasteiger partial charge < -0.3 is 15.3 Å². The second-order valence-corrected chi connectivity index (χ2v) is 4.03. The first-order chi connectivity index (χ1) is 6.68. The summed E-state index contributed by atoms with van der Waals surface area (Å²) in [4.78, 5) is 12.4. The van der Waals surface area contributed by atoms with Gasteiger partial charge in [-0.25, -0.2) is 0 Å². The maximum absolute atomic E-state index is 10.3. The molecule has 4 heteroatoms. The summed E-state index contributed by atoms with van der Waals surface area (Å²) in [6, 6.07) is 0.655. The second-order valence-electron chi connectivity index (χ2n) is 4.03. The number of carbonyl (C=O) groups is 1. The van der Waals surface area contributed by atoms with E-state index >= 15 is 0 Å². The van der Waals surface area contributed by atoms with Crippen LogP contribution in [0.5, 0.6) is 0 Å². The van der Waals surface area contributed by atoms with Crippen LogP contribution in [0.3, 0.4) is 0 Å². The van der Waals surface area contributed by atoms with Crippen LogP contribution in [0.2, 0.25) is 0 Å². The van der Waals surface area contributed by atoms with Gasteiger partial charge in [0.1, 0.15) is 0 Å². The summed E-state index contributed by atoms with van der Waals surface area (Å²) in [6.45, 7) is 2.79. The maximum Gasteiger partial charge on any atom is 0.304 e. The van der Waals surface area contributed by atoms with Crippen molar-refractivity contribution in [3.05, 3.63) is 0 Å². The SMILES string of the molecule is CN(CCC(=O)O)CCC1CCCN1. The minimum Gasteiger partial charge on any atom is -0.481 e. The molecule has 2 N–H and O–H groups in total. The molecule has 0 aromatic rings. The molecule has 1 aliphatic rings. The lowest BCUT2D eigenvalue weighted by molar-refractivity contribution is -0.137. The summed E-state index contributed by atoms with van der Waals surface area (Å²) >= 11 is 0. The molecule has 1 rings (SSSR count). The lowest BCUT2D eigenvalue weighted by atomic mass is 10.1. The highest BCUT2D eigenvalue weighted by Crippen LogP contribution is 2.08.